The zero-order valence-electron chi connectivity index (χ0n) is 15.2. The van der Waals surface area contributed by atoms with Gasteiger partial charge in [0, 0.05) is 17.8 Å². The van der Waals surface area contributed by atoms with Crippen LogP contribution in [0.3, 0.4) is 0 Å². The van der Waals surface area contributed by atoms with Crippen LogP contribution < -0.4 is 5.32 Å². The Morgan fingerprint density at radius 1 is 1.07 bits per heavy atom. The molecule has 5 rings (SSSR count). The minimum atomic E-state index is -0.256. The highest BCUT2D eigenvalue weighted by Gasteiger charge is 2.23. The van der Waals surface area contributed by atoms with E-state index in [1.165, 1.54) is 11.1 Å². The lowest BCUT2D eigenvalue weighted by atomic mass is 9.88. The molecule has 0 radical (unpaired) electrons. The summed E-state index contributed by atoms with van der Waals surface area (Å²) in [4.78, 5) is 26.2. The van der Waals surface area contributed by atoms with Crippen molar-refractivity contribution in [2.45, 2.75) is 25.3 Å². The van der Waals surface area contributed by atoms with Gasteiger partial charge in [0.1, 0.15) is 12.1 Å². The van der Waals surface area contributed by atoms with Crippen LogP contribution in [-0.4, -0.2) is 25.4 Å². The highest BCUT2D eigenvalue weighted by molar-refractivity contribution is 5.95. The smallest absolute Gasteiger partial charge is 0.289 e. The number of benzene rings is 2. The topological polar surface area (TPSA) is 72.7 Å². The largest absolute Gasteiger partial charge is 0.343 e. The molecule has 0 aliphatic heterocycles. The van der Waals surface area contributed by atoms with Gasteiger partial charge >= 0.3 is 0 Å². The SMILES string of the molecule is O=C(NC1CCCc2ccccc21)c1nc(-n2ccnc2)c2ccccc2n1. The second kappa shape index (κ2) is 6.88. The minimum Gasteiger partial charge on any atom is -0.343 e. The third kappa shape index (κ3) is 2.93. The number of hydrogen-bond donors (Lipinski definition) is 1. The standard InChI is InChI=1S/C22H19N5O/c28-22(25-18-11-5-7-15-6-1-2-8-16(15)18)20-24-19-10-4-3-9-17(19)21(26-20)27-13-12-23-14-27/h1-4,6,8-10,12-14,18H,5,7,11H2,(H,25,28). The molecule has 1 N–H and O–H groups in total. The summed E-state index contributed by atoms with van der Waals surface area (Å²) < 4.78 is 1.80. The summed E-state index contributed by atoms with van der Waals surface area (Å²) in [6.45, 7) is 0. The fraction of sp³-hybridized carbons (Fsp3) is 0.182. The van der Waals surface area contributed by atoms with Gasteiger partial charge in [-0.3, -0.25) is 9.36 Å². The minimum absolute atomic E-state index is 0.00999. The van der Waals surface area contributed by atoms with Crippen molar-refractivity contribution in [2.75, 3.05) is 0 Å². The van der Waals surface area contributed by atoms with Crippen molar-refractivity contribution >= 4 is 16.8 Å². The molecule has 1 atom stereocenters. The van der Waals surface area contributed by atoms with Crippen LogP contribution in [0, 0.1) is 0 Å². The lowest BCUT2D eigenvalue weighted by Crippen LogP contribution is -2.32. The third-order valence-corrected chi connectivity index (χ3v) is 5.21. The van der Waals surface area contributed by atoms with Gasteiger partial charge in [0.15, 0.2) is 0 Å². The van der Waals surface area contributed by atoms with Crippen LogP contribution in [0.25, 0.3) is 16.7 Å². The van der Waals surface area contributed by atoms with E-state index in [4.69, 9.17) is 0 Å². The van der Waals surface area contributed by atoms with Gasteiger partial charge in [0.05, 0.1) is 11.6 Å². The molecule has 2 aromatic heterocycles. The molecule has 0 saturated carbocycles. The summed E-state index contributed by atoms with van der Waals surface area (Å²) in [6.07, 6.45) is 8.21. The van der Waals surface area contributed by atoms with E-state index in [1.807, 2.05) is 42.6 Å². The maximum Gasteiger partial charge on any atom is 0.289 e. The van der Waals surface area contributed by atoms with Gasteiger partial charge in [-0.15, -0.1) is 0 Å². The molecule has 1 aliphatic rings. The lowest BCUT2D eigenvalue weighted by molar-refractivity contribution is 0.0922. The van der Waals surface area contributed by atoms with Gasteiger partial charge in [-0.2, -0.15) is 0 Å². The van der Waals surface area contributed by atoms with E-state index in [2.05, 4.69) is 32.4 Å². The van der Waals surface area contributed by atoms with Crippen LogP contribution in [0.15, 0.2) is 67.3 Å². The summed E-state index contributed by atoms with van der Waals surface area (Å²) in [5.74, 6) is 0.566. The monoisotopic (exact) mass is 369 g/mol. The molecule has 1 aliphatic carbocycles. The molecular weight excluding hydrogens is 350 g/mol. The first-order chi connectivity index (χ1) is 13.8. The van der Waals surface area contributed by atoms with E-state index < -0.39 is 0 Å². The quantitative estimate of drug-likeness (QED) is 0.599. The van der Waals surface area contributed by atoms with Crippen molar-refractivity contribution in [1.29, 1.82) is 0 Å². The summed E-state index contributed by atoms with van der Waals surface area (Å²) in [5.41, 5.74) is 3.23. The molecule has 0 fully saturated rings. The number of rotatable bonds is 3. The molecule has 0 saturated heterocycles. The molecule has 6 nitrogen and oxygen atoms in total. The molecule has 2 aromatic carbocycles. The Kier molecular flexibility index (Phi) is 4.09. The van der Waals surface area contributed by atoms with Crippen LogP contribution in [0.5, 0.6) is 0 Å². The maximum absolute atomic E-state index is 13.0. The van der Waals surface area contributed by atoms with Crippen molar-refractivity contribution in [3.05, 3.63) is 84.2 Å². The van der Waals surface area contributed by atoms with Gasteiger partial charge in [0.25, 0.3) is 5.91 Å². The molecule has 138 valence electrons. The van der Waals surface area contributed by atoms with Gasteiger partial charge in [-0.05, 0) is 42.5 Å². The first-order valence-corrected chi connectivity index (χ1v) is 9.43. The van der Waals surface area contributed by atoms with Gasteiger partial charge in [-0.1, -0.05) is 36.4 Å². The second-order valence-electron chi connectivity index (χ2n) is 6.98. The van der Waals surface area contributed by atoms with Gasteiger partial charge in [0.2, 0.25) is 5.82 Å². The third-order valence-electron chi connectivity index (χ3n) is 5.21. The highest BCUT2D eigenvalue weighted by Crippen LogP contribution is 2.29. The van der Waals surface area contributed by atoms with E-state index in [-0.39, 0.29) is 17.8 Å². The van der Waals surface area contributed by atoms with Crippen molar-refractivity contribution in [1.82, 2.24) is 24.8 Å². The van der Waals surface area contributed by atoms with Crippen molar-refractivity contribution < 1.29 is 4.79 Å². The fourth-order valence-corrected chi connectivity index (χ4v) is 3.87. The summed E-state index contributed by atoms with van der Waals surface area (Å²) in [6, 6.07) is 16.0. The Hall–Kier alpha value is -3.54. The average Bonchev–Trinajstić information content (AvgIpc) is 3.28. The Morgan fingerprint density at radius 2 is 1.93 bits per heavy atom. The number of nitrogens with zero attached hydrogens (tertiary/aromatic N) is 4. The number of amides is 1. The Morgan fingerprint density at radius 3 is 2.82 bits per heavy atom. The van der Waals surface area contributed by atoms with Crippen molar-refractivity contribution in [2.24, 2.45) is 0 Å². The van der Waals surface area contributed by atoms with Gasteiger partial charge < -0.3 is 5.32 Å². The summed E-state index contributed by atoms with van der Waals surface area (Å²) >= 11 is 0. The van der Waals surface area contributed by atoms with Gasteiger partial charge in [-0.25, -0.2) is 15.0 Å². The zero-order valence-corrected chi connectivity index (χ0v) is 15.2. The Balaban J connectivity index is 1.52. The summed E-state index contributed by atoms with van der Waals surface area (Å²) in [7, 11) is 0. The zero-order chi connectivity index (χ0) is 18.9. The molecule has 0 spiro atoms. The number of imidazole rings is 1. The number of hydrogen-bond acceptors (Lipinski definition) is 4. The number of carbonyl (C=O) groups is 1. The van der Waals surface area contributed by atoms with Crippen LogP contribution in [0.2, 0.25) is 0 Å². The van der Waals surface area contributed by atoms with Crippen LogP contribution >= 0.6 is 0 Å². The summed E-state index contributed by atoms with van der Waals surface area (Å²) in [5, 5.41) is 4.01. The van der Waals surface area contributed by atoms with Crippen LogP contribution in [-0.2, 0) is 6.42 Å². The molecule has 6 heteroatoms. The number of para-hydroxylation sites is 1. The van der Waals surface area contributed by atoms with E-state index in [1.54, 1.807) is 17.1 Å². The molecular formula is C22H19N5O. The highest BCUT2D eigenvalue weighted by atomic mass is 16.2. The van der Waals surface area contributed by atoms with E-state index in [9.17, 15) is 4.79 Å². The molecule has 2 heterocycles. The molecule has 0 bridgehead atoms. The number of carbonyl (C=O) groups excluding carboxylic acids is 1. The molecule has 1 amide bonds. The first-order valence-electron chi connectivity index (χ1n) is 9.43. The van der Waals surface area contributed by atoms with Crippen molar-refractivity contribution in [3.63, 3.8) is 0 Å². The average molecular weight is 369 g/mol. The van der Waals surface area contributed by atoms with Crippen molar-refractivity contribution in [3.8, 4) is 5.82 Å². The lowest BCUT2D eigenvalue weighted by Gasteiger charge is -2.26. The van der Waals surface area contributed by atoms with Crippen LogP contribution in [0.1, 0.15) is 40.6 Å². The molecule has 4 aromatic rings. The van der Waals surface area contributed by atoms with Crippen LogP contribution in [0.4, 0.5) is 0 Å². The maximum atomic E-state index is 13.0. The molecule has 28 heavy (non-hydrogen) atoms. The van der Waals surface area contributed by atoms with E-state index in [0.717, 1.165) is 30.2 Å². The van der Waals surface area contributed by atoms with E-state index >= 15 is 0 Å². The number of aromatic nitrogens is 4. The van der Waals surface area contributed by atoms with E-state index in [0.29, 0.717) is 5.82 Å². The number of nitrogens with one attached hydrogen (secondary N) is 1. The Labute approximate surface area is 162 Å². The Bertz CT molecular complexity index is 1150. The fourth-order valence-electron chi connectivity index (χ4n) is 3.87. The number of fused-ring (bicyclic) bond motifs is 2. The predicted molar refractivity (Wildman–Crippen MR) is 106 cm³/mol. The first kappa shape index (κ1) is 16.6. The second-order valence-corrected chi connectivity index (χ2v) is 6.98. The predicted octanol–water partition coefficient (Wildman–Crippen LogP) is 3.62. The number of aryl methyl sites for hydroxylation is 1. The molecule has 1 unspecified atom stereocenters. The normalized spacial score (nSPS) is 15.9.